The van der Waals surface area contributed by atoms with Gasteiger partial charge in [0.05, 0.1) is 5.70 Å². The Labute approximate surface area is 118 Å². The topological polar surface area (TPSA) is 55.1 Å². The Bertz CT molecular complexity index is 553. The molecule has 3 N–H and O–H groups in total. The molecule has 0 spiro atoms. The van der Waals surface area contributed by atoms with Crippen LogP contribution in [0.1, 0.15) is 15.9 Å². The van der Waals surface area contributed by atoms with E-state index in [4.69, 9.17) is 5.73 Å². The van der Waals surface area contributed by atoms with E-state index in [-0.39, 0.29) is 18.3 Å². The van der Waals surface area contributed by atoms with E-state index in [9.17, 15) is 4.79 Å². The highest BCUT2D eigenvalue weighted by molar-refractivity contribution is 5.95. The molecule has 0 saturated heterocycles. The molecule has 0 aliphatic heterocycles. The van der Waals surface area contributed by atoms with Crippen LogP contribution in [0.2, 0.25) is 0 Å². The SMILES string of the molecule is Cl.N/C(=C/NC(=O)c1ccccc1)c1ccccc1. The fourth-order valence-corrected chi connectivity index (χ4v) is 1.53. The molecular formula is C15H15ClN2O. The van der Waals surface area contributed by atoms with Crippen molar-refractivity contribution in [3.8, 4) is 0 Å². The Hall–Kier alpha value is -2.26. The van der Waals surface area contributed by atoms with E-state index in [1.165, 1.54) is 6.20 Å². The van der Waals surface area contributed by atoms with E-state index < -0.39 is 0 Å². The van der Waals surface area contributed by atoms with E-state index in [1.54, 1.807) is 12.1 Å². The second-order valence-electron chi connectivity index (χ2n) is 3.81. The monoisotopic (exact) mass is 274 g/mol. The van der Waals surface area contributed by atoms with E-state index in [1.807, 2.05) is 48.5 Å². The highest BCUT2D eigenvalue weighted by atomic mass is 35.5. The highest BCUT2D eigenvalue weighted by Crippen LogP contribution is 2.06. The largest absolute Gasteiger partial charge is 0.397 e. The van der Waals surface area contributed by atoms with Gasteiger partial charge in [-0.2, -0.15) is 0 Å². The average molecular weight is 275 g/mol. The van der Waals surface area contributed by atoms with Gasteiger partial charge in [0.15, 0.2) is 0 Å². The van der Waals surface area contributed by atoms with Crippen LogP contribution in [-0.4, -0.2) is 5.91 Å². The third kappa shape index (κ3) is 4.16. The van der Waals surface area contributed by atoms with Gasteiger partial charge in [0.1, 0.15) is 0 Å². The van der Waals surface area contributed by atoms with Crippen LogP contribution in [0.15, 0.2) is 66.9 Å². The standard InChI is InChI=1S/C15H14N2O.ClH/c16-14(12-7-3-1-4-8-12)11-17-15(18)13-9-5-2-6-10-13;/h1-11H,16H2,(H,17,18);1H/b14-11+;. The molecule has 4 heteroatoms. The summed E-state index contributed by atoms with van der Waals surface area (Å²) in [6.07, 6.45) is 1.52. The molecule has 0 bridgehead atoms. The van der Waals surface area contributed by atoms with Crippen molar-refractivity contribution in [2.45, 2.75) is 0 Å². The van der Waals surface area contributed by atoms with Crippen molar-refractivity contribution in [3.05, 3.63) is 78.0 Å². The first-order valence-corrected chi connectivity index (χ1v) is 5.64. The average Bonchev–Trinajstić information content (AvgIpc) is 2.46. The Kier molecular flexibility index (Phi) is 5.64. The van der Waals surface area contributed by atoms with Gasteiger partial charge in [-0.15, -0.1) is 12.4 Å². The lowest BCUT2D eigenvalue weighted by atomic mass is 10.2. The van der Waals surface area contributed by atoms with Gasteiger partial charge in [-0.3, -0.25) is 4.79 Å². The van der Waals surface area contributed by atoms with E-state index in [0.717, 1.165) is 5.56 Å². The predicted octanol–water partition coefficient (Wildman–Crippen LogP) is 2.80. The van der Waals surface area contributed by atoms with Crippen molar-refractivity contribution in [3.63, 3.8) is 0 Å². The van der Waals surface area contributed by atoms with Gasteiger partial charge in [-0.1, -0.05) is 48.5 Å². The number of hydrogen-bond donors (Lipinski definition) is 2. The lowest BCUT2D eigenvalue weighted by molar-refractivity contribution is 0.0970. The van der Waals surface area contributed by atoms with Crippen molar-refractivity contribution in [1.82, 2.24) is 5.32 Å². The van der Waals surface area contributed by atoms with Crippen LogP contribution in [-0.2, 0) is 0 Å². The predicted molar refractivity (Wildman–Crippen MR) is 79.8 cm³/mol. The van der Waals surface area contributed by atoms with Crippen LogP contribution < -0.4 is 11.1 Å². The van der Waals surface area contributed by atoms with Crippen LogP contribution >= 0.6 is 12.4 Å². The number of carbonyl (C=O) groups is 1. The molecule has 0 atom stereocenters. The minimum absolute atomic E-state index is 0. The van der Waals surface area contributed by atoms with Crippen molar-refractivity contribution < 1.29 is 4.79 Å². The second kappa shape index (κ2) is 7.24. The summed E-state index contributed by atoms with van der Waals surface area (Å²) in [7, 11) is 0. The van der Waals surface area contributed by atoms with Crippen molar-refractivity contribution >= 4 is 24.0 Å². The molecule has 2 aromatic rings. The maximum absolute atomic E-state index is 11.8. The fraction of sp³-hybridized carbons (Fsp3) is 0. The molecule has 0 fully saturated rings. The number of halogens is 1. The number of benzene rings is 2. The Morgan fingerprint density at radius 3 is 1.89 bits per heavy atom. The van der Waals surface area contributed by atoms with Crippen LogP contribution in [0.3, 0.4) is 0 Å². The number of carbonyl (C=O) groups excluding carboxylic acids is 1. The number of rotatable bonds is 3. The zero-order valence-electron chi connectivity index (χ0n) is 10.2. The van der Waals surface area contributed by atoms with Crippen molar-refractivity contribution in [2.75, 3.05) is 0 Å². The molecule has 2 rings (SSSR count). The lowest BCUT2D eigenvalue weighted by Gasteiger charge is -2.03. The number of amides is 1. The first-order chi connectivity index (χ1) is 8.77. The smallest absolute Gasteiger partial charge is 0.255 e. The molecule has 3 nitrogen and oxygen atoms in total. The quantitative estimate of drug-likeness (QED) is 0.904. The molecule has 0 unspecified atom stereocenters. The highest BCUT2D eigenvalue weighted by Gasteiger charge is 2.02. The van der Waals surface area contributed by atoms with Crippen LogP contribution in [0.5, 0.6) is 0 Å². The molecule has 98 valence electrons. The Balaban J connectivity index is 0.00000180. The lowest BCUT2D eigenvalue weighted by Crippen LogP contribution is -2.18. The molecule has 0 aromatic heterocycles. The van der Waals surface area contributed by atoms with Gasteiger partial charge in [0.25, 0.3) is 5.91 Å². The zero-order valence-corrected chi connectivity index (χ0v) is 11.1. The van der Waals surface area contributed by atoms with E-state index in [0.29, 0.717) is 11.3 Å². The van der Waals surface area contributed by atoms with Crippen LogP contribution in [0, 0.1) is 0 Å². The molecule has 0 aliphatic rings. The number of hydrogen-bond acceptors (Lipinski definition) is 2. The van der Waals surface area contributed by atoms with Gasteiger partial charge in [-0.05, 0) is 17.7 Å². The second-order valence-corrected chi connectivity index (χ2v) is 3.81. The van der Waals surface area contributed by atoms with E-state index >= 15 is 0 Å². The zero-order chi connectivity index (χ0) is 12.8. The molecule has 0 saturated carbocycles. The minimum atomic E-state index is -0.172. The normalized spacial score (nSPS) is 10.4. The summed E-state index contributed by atoms with van der Waals surface area (Å²) < 4.78 is 0. The van der Waals surface area contributed by atoms with Gasteiger partial charge in [-0.25, -0.2) is 0 Å². The molecule has 0 radical (unpaired) electrons. The summed E-state index contributed by atoms with van der Waals surface area (Å²) in [6, 6.07) is 18.5. The minimum Gasteiger partial charge on any atom is -0.397 e. The number of nitrogens with two attached hydrogens (primary N) is 1. The summed E-state index contributed by atoms with van der Waals surface area (Å²) in [5.74, 6) is -0.172. The van der Waals surface area contributed by atoms with Crippen molar-refractivity contribution in [1.29, 1.82) is 0 Å². The maximum Gasteiger partial charge on any atom is 0.255 e. The first-order valence-electron chi connectivity index (χ1n) is 5.64. The van der Waals surface area contributed by atoms with Crippen LogP contribution in [0.4, 0.5) is 0 Å². The summed E-state index contributed by atoms with van der Waals surface area (Å²) in [6.45, 7) is 0. The molecule has 19 heavy (non-hydrogen) atoms. The molecule has 0 aliphatic carbocycles. The maximum atomic E-state index is 11.8. The fourth-order valence-electron chi connectivity index (χ4n) is 1.53. The van der Waals surface area contributed by atoms with Gasteiger partial charge in [0, 0.05) is 11.8 Å². The summed E-state index contributed by atoms with van der Waals surface area (Å²) in [4.78, 5) is 11.8. The third-order valence-electron chi connectivity index (χ3n) is 2.50. The Morgan fingerprint density at radius 2 is 1.37 bits per heavy atom. The summed E-state index contributed by atoms with van der Waals surface area (Å²) >= 11 is 0. The van der Waals surface area contributed by atoms with Gasteiger partial charge >= 0.3 is 0 Å². The Morgan fingerprint density at radius 1 is 0.895 bits per heavy atom. The molecule has 0 heterocycles. The van der Waals surface area contributed by atoms with E-state index in [2.05, 4.69) is 5.32 Å². The van der Waals surface area contributed by atoms with Gasteiger partial charge < -0.3 is 11.1 Å². The molecular weight excluding hydrogens is 260 g/mol. The summed E-state index contributed by atoms with van der Waals surface area (Å²) in [5, 5.41) is 2.67. The summed E-state index contributed by atoms with van der Waals surface area (Å²) in [5.41, 5.74) is 7.88. The number of nitrogens with one attached hydrogen (secondary N) is 1. The first kappa shape index (κ1) is 14.8. The van der Waals surface area contributed by atoms with Crippen molar-refractivity contribution in [2.24, 2.45) is 5.73 Å². The molecule has 1 amide bonds. The molecule has 2 aromatic carbocycles. The van der Waals surface area contributed by atoms with Crippen LogP contribution in [0.25, 0.3) is 5.70 Å². The van der Waals surface area contributed by atoms with Gasteiger partial charge in [0.2, 0.25) is 0 Å². The third-order valence-corrected chi connectivity index (χ3v) is 2.50.